The van der Waals surface area contributed by atoms with E-state index in [-0.39, 0.29) is 11.8 Å². The summed E-state index contributed by atoms with van der Waals surface area (Å²) in [6.07, 6.45) is 1.64. The highest BCUT2D eigenvalue weighted by molar-refractivity contribution is 6.34. The number of rotatable bonds is 4. The lowest BCUT2D eigenvalue weighted by Gasteiger charge is -2.32. The van der Waals surface area contributed by atoms with E-state index < -0.39 is 5.97 Å². The molecule has 6 nitrogen and oxygen atoms in total. The van der Waals surface area contributed by atoms with Gasteiger partial charge < -0.3 is 14.7 Å². The van der Waals surface area contributed by atoms with Crippen LogP contribution in [0, 0.1) is 0 Å². The fourth-order valence-corrected chi connectivity index (χ4v) is 2.88. The lowest BCUT2D eigenvalue weighted by Crippen LogP contribution is -2.38. The number of aromatic nitrogens is 2. The predicted octanol–water partition coefficient (Wildman–Crippen LogP) is 3.53. The van der Waals surface area contributed by atoms with Gasteiger partial charge in [0.1, 0.15) is 11.9 Å². The number of benzene rings is 1. The van der Waals surface area contributed by atoms with E-state index in [1.54, 1.807) is 24.3 Å². The molecule has 1 aliphatic rings. The van der Waals surface area contributed by atoms with Crippen LogP contribution >= 0.6 is 23.2 Å². The van der Waals surface area contributed by atoms with Gasteiger partial charge in [-0.05, 0) is 24.3 Å². The highest BCUT2D eigenvalue weighted by atomic mass is 35.5. The zero-order valence-electron chi connectivity index (χ0n) is 12.7. The first kappa shape index (κ1) is 16.8. The number of nitrogens with zero attached hydrogens (tertiary/aromatic N) is 3. The summed E-state index contributed by atoms with van der Waals surface area (Å²) in [4.78, 5) is 12.9. The summed E-state index contributed by atoms with van der Waals surface area (Å²) < 4.78 is 5.94. The molecule has 1 saturated heterocycles. The molecule has 0 spiro atoms. The minimum atomic E-state index is -1.08. The van der Waals surface area contributed by atoms with Gasteiger partial charge in [0.15, 0.2) is 11.5 Å². The second-order valence-corrected chi connectivity index (χ2v) is 6.30. The zero-order valence-corrected chi connectivity index (χ0v) is 14.2. The van der Waals surface area contributed by atoms with E-state index in [4.69, 9.17) is 33.0 Å². The minimum Gasteiger partial charge on any atom is -0.489 e. The van der Waals surface area contributed by atoms with Crippen molar-refractivity contribution in [3.05, 3.63) is 46.1 Å². The first-order valence-electron chi connectivity index (χ1n) is 7.46. The van der Waals surface area contributed by atoms with Crippen molar-refractivity contribution < 1.29 is 14.6 Å². The highest BCUT2D eigenvalue weighted by Crippen LogP contribution is 2.30. The molecule has 1 aliphatic heterocycles. The van der Waals surface area contributed by atoms with E-state index in [1.165, 1.54) is 6.07 Å². The normalized spacial score (nSPS) is 15.3. The van der Waals surface area contributed by atoms with Crippen LogP contribution in [-0.4, -0.2) is 40.5 Å². The smallest absolute Gasteiger partial charge is 0.356 e. The number of piperidine rings is 1. The fourth-order valence-electron chi connectivity index (χ4n) is 2.56. The lowest BCUT2D eigenvalue weighted by molar-refractivity contribution is 0.0689. The summed E-state index contributed by atoms with van der Waals surface area (Å²) in [7, 11) is 0. The second kappa shape index (κ2) is 7.23. The van der Waals surface area contributed by atoms with Gasteiger partial charge in [-0.3, -0.25) is 0 Å². The average molecular weight is 368 g/mol. The number of carboxylic acids is 1. The van der Waals surface area contributed by atoms with Crippen molar-refractivity contribution in [1.29, 1.82) is 0 Å². The van der Waals surface area contributed by atoms with Crippen LogP contribution in [0.2, 0.25) is 10.0 Å². The number of anilines is 1. The summed E-state index contributed by atoms with van der Waals surface area (Å²) >= 11 is 12.1. The Morgan fingerprint density at radius 2 is 1.92 bits per heavy atom. The van der Waals surface area contributed by atoms with Crippen LogP contribution in [0.3, 0.4) is 0 Å². The monoisotopic (exact) mass is 367 g/mol. The van der Waals surface area contributed by atoms with E-state index >= 15 is 0 Å². The van der Waals surface area contributed by atoms with Crippen LogP contribution in [0.4, 0.5) is 5.82 Å². The number of carboxylic acid groups (broad SMARTS) is 1. The number of ether oxygens (including phenoxy) is 1. The topological polar surface area (TPSA) is 75.5 Å². The molecule has 3 rings (SSSR count). The predicted molar refractivity (Wildman–Crippen MR) is 91.3 cm³/mol. The van der Waals surface area contributed by atoms with Crippen LogP contribution in [0.1, 0.15) is 23.3 Å². The Hall–Kier alpha value is -2.05. The summed E-state index contributed by atoms with van der Waals surface area (Å²) in [6.45, 7) is 1.48. The van der Waals surface area contributed by atoms with Crippen molar-refractivity contribution in [3.8, 4) is 5.75 Å². The summed E-state index contributed by atoms with van der Waals surface area (Å²) in [5, 5.41) is 17.7. The quantitative estimate of drug-likeness (QED) is 0.890. The Morgan fingerprint density at radius 3 is 2.54 bits per heavy atom. The maximum absolute atomic E-state index is 10.8. The van der Waals surface area contributed by atoms with Crippen LogP contribution < -0.4 is 9.64 Å². The van der Waals surface area contributed by atoms with Crippen LogP contribution in [-0.2, 0) is 0 Å². The Kier molecular flexibility index (Phi) is 5.06. The molecule has 0 bridgehead atoms. The third kappa shape index (κ3) is 3.88. The molecule has 1 N–H and O–H groups in total. The second-order valence-electron chi connectivity index (χ2n) is 5.46. The standard InChI is InChI=1S/C16H15Cl2N3O3/c17-10-1-2-12(18)14(9-10)24-11-5-7-21(8-6-11)15-4-3-13(16(22)23)19-20-15/h1-4,9,11H,5-8H2,(H,22,23). The van der Waals surface area contributed by atoms with E-state index in [2.05, 4.69) is 15.1 Å². The van der Waals surface area contributed by atoms with Crippen molar-refractivity contribution in [1.82, 2.24) is 10.2 Å². The number of halogens is 2. The van der Waals surface area contributed by atoms with Gasteiger partial charge in [-0.15, -0.1) is 10.2 Å². The molecule has 126 valence electrons. The Labute approximate surface area is 149 Å². The van der Waals surface area contributed by atoms with Crippen LogP contribution in [0.15, 0.2) is 30.3 Å². The molecule has 0 amide bonds. The van der Waals surface area contributed by atoms with Gasteiger partial charge in [0.2, 0.25) is 0 Å². The average Bonchev–Trinajstić information content (AvgIpc) is 2.59. The minimum absolute atomic E-state index is 0.0449. The third-order valence-corrected chi connectivity index (χ3v) is 4.37. The van der Waals surface area contributed by atoms with Gasteiger partial charge in [-0.25, -0.2) is 4.79 Å². The van der Waals surface area contributed by atoms with Crippen molar-refractivity contribution in [3.63, 3.8) is 0 Å². The molecule has 2 aromatic rings. The Morgan fingerprint density at radius 1 is 1.17 bits per heavy atom. The van der Waals surface area contributed by atoms with Crippen molar-refractivity contribution in [2.24, 2.45) is 0 Å². The molecule has 0 unspecified atom stereocenters. The Bertz CT molecular complexity index is 732. The van der Waals surface area contributed by atoms with Gasteiger partial charge in [-0.2, -0.15) is 0 Å². The first-order chi connectivity index (χ1) is 11.5. The number of hydrogen-bond acceptors (Lipinski definition) is 5. The van der Waals surface area contributed by atoms with Crippen molar-refractivity contribution in [2.45, 2.75) is 18.9 Å². The maximum Gasteiger partial charge on any atom is 0.356 e. The van der Waals surface area contributed by atoms with E-state index in [9.17, 15) is 4.79 Å². The fraction of sp³-hybridized carbons (Fsp3) is 0.312. The third-order valence-electron chi connectivity index (χ3n) is 3.82. The van der Waals surface area contributed by atoms with Gasteiger partial charge in [0.25, 0.3) is 0 Å². The molecule has 1 aromatic heterocycles. The molecule has 24 heavy (non-hydrogen) atoms. The molecular weight excluding hydrogens is 353 g/mol. The molecule has 0 atom stereocenters. The number of hydrogen-bond donors (Lipinski definition) is 1. The SMILES string of the molecule is O=C(O)c1ccc(N2CCC(Oc3cc(Cl)ccc3Cl)CC2)nn1. The Balaban J connectivity index is 1.59. The summed E-state index contributed by atoms with van der Waals surface area (Å²) in [5.74, 6) is 0.173. The number of carbonyl (C=O) groups is 1. The largest absolute Gasteiger partial charge is 0.489 e. The molecule has 2 heterocycles. The van der Waals surface area contributed by atoms with E-state index in [1.807, 2.05) is 0 Å². The molecule has 0 radical (unpaired) electrons. The summed E-state index contributed by atoms with van der Waals surface area (Å²) in [6, 6.07) is 8.28. The summed E-state index contributed by atoms with van der Waals surface area (Å²) in [5.41, 5.74) is -0.0624. The highest BCUT2D eigenvalue weighted by Gasteiger charge is 2.22. The van der Waals surface area contributed by atoms with Gasteiger partial charge in [0, 0.05) is 37.0 Å². The first-order valence-corrected chi connectivity index (χ1v) is 8.22. The molecule has 0 aliphatic carbocycles. The molecule has 8 heteroatoms. The molecule has 1 fully saturated rings. The van der Waals surface area contributed by atoms with E-state index in [0.717, 1.165) is 25.9 Å². The molecular formula is C16H15Cl2N3O3. The molecule has 1 aromatic carbocycles. The lowest BCUT2D eigenvalue weighted by atomic mass is 10.1. The number of aromatic carboxylic acids is 1. The molecule has 0 saturated carbocycles. The zero-order chi connectivity index (χ0) is 17.1. The van der Waals surface area contributed by atoms with Gasteiger partial charge in [-0.1, -0.05) is 23.2 Å². The van der Waals surface area contributed by atoms with Crippen LogP contribution in [0.5, 0.6) is 5.75 Å². The van der Waals surface area contributed by atoms with Gasteiger partial charge >= 0.3 is 5.97 Å². The van der Waals surface area contributed by atoms with Crippen molar-refractivity contribution in [2.75, 3.05) is 18.0 Å². The van der Waals surface area contributed by atoms with Crippen LogP contribution in [0.25, 0.3) is 0 Å². The van der Waals surface area contributed by atoms with E-state index in [0.29, 0.717) is 21.6 Å². The van der Waals surface area contributed by atoms with Crippen molar-refractivity contribution >= 4 is 35.0 Å². The van der Waals surface area contributed by atoms with Gasteiger partial charge in [0.05, 0.1) is 5.02 Å². The maximum atomic E-state index is 10.8.